The number of aromatic nitrogens is 2. The normalized spacial score (nSPS) is 11.3. The SMILES string of the molecule is c1ccc(-c2nc(-c3ccc(-c4ccccc4)c4ccccc34)cc(-c3ccc(-c4ccc5ccccc5c4)c4ccccc34)n2)cc1. The Hall–Kier alpha value is -6.38. The maximum atomic E-state index is 5.23. The molecule has 0 aliphatic carbocycles. The first-order valence-corrected chi connectivity index (χ1v) is 16.3. The second-order valence-corrected chi connectivity index (χ2v) is 12.2. The zero-order valence-corrected chi connectivity index (χ0v) is 26.2. The lowest BCUT2D eigenvalue weighted by Crippen LogP contribution is -1.97. The van der Waals surface area contributed by atoms with Gasteiger partial charge in [0.05, 0.1) is 11.4 Å². The zero-order chi connectivity index (χ0) is 31.9. The van der Waals surface area contributed by atoms with E-state index in [4.69, 9.17) is 9.97 Å². The number of hydrogen-bond donors (Lipinski definition) is 0. The van der Waals surface area contributed by atoms with Crippen LogP contribution in [0.4, 0.5) is 0 Å². The molecule has 0 radical (unpaired) electrons. The average molecular weight is 611 g/mol. The van der Waals surface area contributed by atoms with E-state index >= 15 is 0 Å². The Labute approximate surface area is 279 Å². The van der Waals surface area contributed by atoms with Gasteiger partial charge in [0, 0.05) is 16.7 Å². The highest BCUT2D eigenvalue weighted by Gasteiger charge is 2.17. The second-order valence-electron chi connectivity index (χ2n) is 12.2. The van der Waals surface area contributed by atoms with Gasteiger partial charge in [-0.25, -0.2) is 9.97 Å². The lowest BCUT2D eigenvalue weighted by atomic mass is 9.91. The van der Waals surface area contributed by atoms with Gasteiger partial charge >= 0.3 is 0 Å². The van der Waals surface area contributed by atoms with Crippen LogP contribution in [0.2, 0.25) is 0 Å². The predicted molar refractivity (Wildman–Crippen MR) is 202 cm³/mol. The third kappa shape index (κ3) is 4.92. The molecule has 9 rings (SSSR count). The zero-order valence-electron chi connectivity index (χ0n) is 26.2. The highest BCUT2D eigenvalue weighted by atomic mass is 14.9. The van der Waals surface area contributed by atoms with E-state index in [1.165, 1.54) is 49.2 Å². The van der Waals surface area contributed by atoms with Gasteiger partial charge in [0.1, 0.15) is 0 Å². The van der Waals surface area contributed by atoms with Crippen molar-refractivity contribution < 1.29 is 0 Å². The fourth-order valence-corrected chi connectivity index (χ4v) is 6.96. The minimum atomic E-state index is 0.710. The lowest BCUT2D eigenvalue weighted by Gasteiger charge is -2.15. The first-order valence-electron chi connectivity index (χ1n) is 16.3. The van der Waals surface area contributed by atoms with E-state index in [0.29, 0.717) is 5.82 Å². The maximum absolute atomic E-state index is 5.23. The van der Waals surface area contributed by atoms with Crippen LogP contribution in [0.5, 0.6) is 0 Å². The summed E-state index contributed by atoms with van der Waals surface area (Å²) in [7, 11) is 0. The van der Waals surface area contributed by atoms with E-state index < -0.39 is 0 Å². The van der Waals surface area contributed by atoms with Crippen molar-refractivity contribution in [1.82, 2.24) is 9.97 Å². The molecule has 0 saturated heterocycles. The second kappa shape index (κ2) is 11.8. The van der Waals surface area contributed by atoms with Gasteiger partial charge in [0.15, 0.2) is 5.82 Å². The molecule has 0 bridgehead atoms. The summed E-state index contributed by atoms with van der Waals surface area (Å²) in [6.45, 7) is 0. The van der Waals surface area contributed by atoms with Crippen molar-refractivity contribution in [3.63, 3.8) is 0 Å². The highest BCUT2D eigenvalue weighted by Crippen LogP contribution is 2.40. The number of benzene rings is 8. The summed E-state index contributed by atoms with van der Waals surface area (Å²) in [6, 6.07) is 64.5. The van der Waals surface area contributed by atoms with E-state index in [1.807, 2.05) is 18.2 Å². The van der Waals surface area contributed by atoms with E-state index in [1.54, 1.807) is 0 Å². The molecular weight excluding hydrogens is 581 g/mol. The molecule has 0 saturated carbocycles. The summed E-state index contributed by atoms with van der Waals surface area (Å²) in [5.74, 6) is 0.710. The van der Waals surface area contributed by atoms with Crippen LogP contribution >= 0.6 is 0 Å². The molecule has 1 aromatic heterocycles. The molecule has 9 aromatic rings. The molecule has 0 fully saturated rings. The summed E-state index contributed by atoms with van der Waals surface area (Å²) in [4.78, 5) is 10.4. The largest absolute Gasteiger partial charge is 0.228 e. The summed E-state index contributed by atoms with van der Waals surface area (Å²) >= 11 is 0. The van der Waals surface area contributed by atoms with Gasteiger partial charge in [-0.2, -0.15) is 0 Å². The number of hydrogen-bond acceptors (Lipinski definition) is 2. The van der Waals surface area contributed by atoms with Gasteiger partial charge in [-0.05, 0) is 66.7 Å². The van der Waals surface area contributed by atoms with Gasteiger partial charge in [-0.3, -0.25) is 0 Å². The van der Waals surface area contributed by atoms with Gasteiger partial charge in [0.2, 0.25) is 0 Å². The lowest BCUT2D eigenvalue weighted by molar-refractivity contribution is 1.19. The number of fused-ring (bicyclic) bond motifs is 3. The minimum absolute atomic E-state index is 0.710. The van der Waals surface area contributed by atoms with E-state index in [2.05, 4.69) is 164 Å². The van der Waals surface area contributed by atoms with Crippen LogP contribution in [0.1, 0.15) is 0 Å². The van der Waals surface area contributed by atoms with Gasteiger partial charge in [-0.1, -0.05) is 170 Å². The first-order chi connectivity index (χ1) is 23.8. The Morgan fingerprint density at radius 3 is 1.29 bits per heavy atom. The molecule has 0 amide bonds. The standard InChI is InChI=1S/C46H30N2/c1-3-14-32(15-4-1)36-25-27-42(40-21-11-9-19-38(36)40)44-30-45(48-46(47-44)33-16-5-2-6-17-33)43-28-26-37(39-20-10-12-22-41(39)43)35-24-23-31-13-7-8-18-34(31)29-35/h1-30H. The topological polar surface area (TPSA) is 25.8 Å². The molecule has 48 heavy (non-hydrogen) atoms. The number of rotatable bonds is 5. The molecule has 0 aliphatic heterocycles. The van der Waals surface area contributed by atoms with Crippen LogP contribution in [-0.2, 0) is 0 Å². The Balaban J connectivity index is 1.26. The van der Waals surface area contributed by atoms with E-state index in [9.17, 15) is 0 Å². The van der Waals surface area contributed by atoms with Crippen molar-refractivity contribution in [2.75, 3.05) is 0 Å². The molecule has 1 heterocycles. The molecular formula is C46H30N2. The Kier molecular flexibility index (Phi) is 6.84. The van der Waals surface area contributed by atoms with Crippen molar-refractivity contribution in [2.45, 2.75) is 0 Å². The summed E-state index contributed by atoms with van der Waals surface area (Å²) in [5.41, 5.74) is 9.78. The molecule has 0 aliphatic rings. The highest BCUT2D eigenvalue weighted by molar-refractivity contribution is 6.07. The monoisotopic (exact) mass is 610 g/mol. The van der Waals surface area contributed by atoms with Crippen LogP contribution in [0.25, 0.3) is 88.5 Å². The third-order valence-electron chi connectivity index (χ3n) is 9.30. The Morgan fingerprint density at radius 1 is 0.271 bits per heavy atom. The Morgan fingerprint density at radius 2 is 0.708 bits per heavy atom. The average Bonchev–Trinajstić information content (AvgIpc) is 3.17. The predicted octanol–water partition coefficient (Wildman–Crippen LogP) is 12.3. The van der Waals surface area contributed by atoms with Gasteiger partial charge < -0.3 is 0 Å². The van der Waals surface area contributed by atoms with Crippen molar-refractivity contribution in [3.05, 3.63) is 182 Å². The fraction of sp³-hybridized carbons (Fsp3) is 0. The molecule has 0 unspecified atom stereocenters. The van der Waals surface area contributed by atoms with Crippen LogP contribution in [0.3, 0.4) is 0 Å². The summed E-state index contributed by atoms with van der Waals surface area (Å²) in [5, 5.41) is 7.21. The molecule has 2 heteroatoms. The first kappa shape index (κ1) is 27.9. The van der Waals surface area contributed by atoms with Crippen LogP contribution in [0, 0.1) is 0 Å². The third-order valence-corrected chi connectivity index (χ3v) is 9.30. The Bertz CT molecular complexity index is 2610. The quantitative estimate of drug-likeness (QED) is 0.194. The number of nitrogens with zero attached hydrogens (tertiary/aromatic N) is 2. The van der Waals surface area contributed by atoms with Crippen molar-refractivity contribution >= 4 is 32.3 Å². The van der Waals surface area contributed by atoms with Crippen LogP contribution in [0.15, 0.2) is 182 Å². The van der Waals surface area contributed by atoms with E-state index in [-0.39, 0.29) is 0 Å². The van der Waals surface area contributed by atoms with E-state index in [0.717, 1.165) is 33.5 Å². The van der Waals surface area contributed by atoms with Crippen LogP contribution in [-0.4, -0.2) is 9.97 Å². The summed E-state index contributed by atoms with van der Waals surface area (Å²) < 4.78 is 0. The molecule has 224 valence electrons. The molecule has 0 N–H and O–H groups in total. The van der Waals surface area contributed by atoms with Crippen LogP contribution < -0.4 is 0 Å². The van der Waals surface area contributed by atoms with Crippen molar-refractivity contribution in [1.29, 1.82) is 0 Å². The van der Waals surface area contributed by atoms with Gasteiger partial charge in [0.25, 0.3) is 0 Å². The van der Waals surface area contributed by atoms with Gasteiger partial charge in [-0.15, -0.1) is 0 Å². The maximum Gasteiger partial charge on any atom is 0.160 e. The fourth-order valence-electron chi connectivity index (χ4n) is 6.96. The van der Waals surface area contributed by atoms with Crippen molar-refractivity contribution in [2.24, 2.45) is 0 Å². The molecule has 8 aromatic carbocycles. The van der Waals surface area contributed by atoms with Crippen molar-refractivity contribution in [3.8, 4) is 56.2 Å². The smallest absolute Gasteiger partial charge is 0.160 e. The molecule has 0 atom stereocenters. The summed E-state index contributed by atoms with van der Waals surface area (Å²) in [6.07, 6.45) is 0. The molecule has 0 spiro atoms. The molecule has 2 nitrogen and oxygen atoms in total. The minimum Gasteiger partial charge on any atom is -0.228 e.